The number of hydrazine groups is 1. The van der Waals surface area contributed by atoms with E-state index in [2.05, 4.69) is 26.2 Å². The molecule has 0 saturated carbocycles. The molecule has 8 heteroatoms. The molecule has 2 N–H and O–H groups in total. The number of halogens is 1. The lowest BCUT2D eigenvalue weighted by atomic mass is 10.0. The molecule has 0 spiro atoms. The van der Waals surface area contributed by atoms with Gasteiger partial charge in [-0.05, 0) is 78.0 Å². The first-order valence-electron chi connectivity index (χ1n) is 6.78. The number of nitrogens with one attached hydrogen (secondary N) is 2. The van der Waals surface area contributed by atoms with Gasteiger partial charge >= 0.3 is 0 Å². The predicted octanol–water partition coefficient (Wildman–Crippen LogP) is 3.37. The average Bonchev–Trinajstić information content (AvgIpc) is 2.89. The summed E-state index contributed by atoms with van der Waals surface area (Å²) in [6.45, 7) is 7.24. The molecule has 0 radical (unpaired) electrons. The van der Waals surface area contributed by atoms with Crippen LogP contribution in [0.5, 0.6) is 0 Å². The average molecular weight is 417 g/mol. The van der Waals surface area contributed by atoms with Crippen LogP contribution in [0.4, 0.5) is 0 Å². The molecule has 0 bridgehead atoms. The maximum Gasteiger partial charge on any atom is 0.276 e. The van der Waals surface area contributed by atoms with Gasteiger partial charge in [-0.1, -0.05) is 6.07 Å². The molecule has 1 heterocycles. The number of amides is 1. The fourth-order valence-electron chi connectivity index (χ4n) is 2.25. The van der Waals surface area contributed by atoms with Gasteiger partial charge in [0, 0.05) is 0 Å². The second kappa shape index (κ2) is 6.72. The highest BCUT2D eigenvalue weighted by Gasteiger charge is 2.23. The molecule has 0 aliphatic carbocycles. The number of hydrogen-bond donors (Lipinski definition) is 2. The molecule has 0 fully saturated rings. The predicted molar refractivity (Wildman–Crippen MR) is 95.2 cm³/mol. The van der Waals surface area contributed by atoms with E-state index in [1.165, 1.54) is 11.3 Å². The lowest BCUT2D eigenvalue weighted by molar-refractivity contribution is 0.0949. The van der Waals surface area contributed by atoms with E-state index >= 15 is 0 Å². The highest BCUT2D eigenvalue weighted by Crippen LogP contribution is 2.26. The maximum atomic E-state index is 12.6. The molecular weight excluding hydrogens is 400 g/mol. The van der Waals surface area contributed by atoms with Crippen LogP contribution in [0.2, 0.25) is 0 Å². The van der Waals surface area contributed by atoms with Crippen LogP contribution in [0.3, 0.4) is 0 Å². The van der Waals surface area contributed by atoms with Crippen LogP contribution >= 0.6 is 27.3 Å². The summed E-state index contributed by atoms with van der Waals surface area (Å²) in [6.07, 6.45) is 0. The number of sulfonamides is 1. The Kier molecular flexibility index (Phi) is 5.30. The quantitative estimate of drug-likeness (QED) is 0.750. The molecule has 1 aromatic heterocycles. The second-order valence-electron chi connectivity index (χ2n) is 5.25. The van der Waals surface area contributed by atoms with Gasteiger partial charge in [-0.25, -0.2) is 8.42 Å². The minimum atomic E-state index is -3.85. The Hall–Kier alpha value is -1.22. The summed E-state index contributed by atoms with van der Waals surface area (Å²) in [4.78, 5) is 14.8. The van der Waals surface area contributed by atoms with E-state index in [4.69, 9.17) is 0 Å². The van der Waals surface area contributed by atoms with Crippen molar-refractivity contribution < 1.29 is 13.2 Å². The van der Waals surface area contributed by atoms with E-state index in [1.807, 2.05) is 19.9 Å². The zero-order chi connectivity index (χ0) is 17.4. The number of carbonyl (C=O) groups is 1. The third-order valence-corrected chi connectivity index (χ3v) is 6.80. The standard InChI is InChI=1S/C15H17BrN2O3S2/c1-8-7-9(2)11(4)14(10(8)3)23(20,21)18-17-15(19)12-5-6-13(16)22-12/h5-7,18H,1-4H3,(H,17,19). The first-order valence-corrected chi connectivity index (χ1v) is 9.87. The Labute approximate surface area is 148 Å². The lowest BCUT2D eigenvalue weighted by Gasteiger charge is -2.16. The monoisotopic (exact) mass is 416 g/mol. The van der Waals surface area contributed by atoms with Crippen molar-refractivity contribution in [3.8, 4) is 0 Å². The van der Waals surface area contributed by atoms with Gasteiger partial charge < -0.3 is 0 Å². The van der Waals surface area contributed by atoms with Crippen molar-refractivity contribution in [2.45, 2.75) is 32.6 Å². The molecule has 5 nitrogen and oxygen atoms in total. The topological polar surface area (TPSA) is 75.3 Å². The van der Waals surface area contributed by atoms with Gasteiger partial charge in [-0.15, -0.1) is 16.2 Å². The molecule has 1 aromatic carbocycles. The SMILES string of the molecule is Cc1cc(C)c(C)c(S(=O)(=O)NNC(=O)c2ccc(Br)s2)c1C. The molecule has 0 unspecified atom stereocenters. The first kappa shape index (κ1) is 18.1. The van der Waals surface area contributed by atoms with E-state index in [-0.39, 0.29) is 4.90 Å². The fraction of sp³-hybridized carbons (Fsp3) is 0.267. The van der Waals surface area contributed by atoms with E-state index < -0.39 is 15.9 Å². The van der Waals surface area contributed by atoms with Crippen molar-refractivity contribution in [3.63, 3.8) is 0 Å². The van der Waals surface area contributed by atoms with Crippen molar-refractivity contribution in [3.05, 3.63) is 49.1 Å². The second-order valence-corrected chi connectivity index (χ2v) is 9.34. The van der Waals surface area contributed by atoms with Crippen LogP contribution < -0.4 is 10.3 Å². The summed E-state index contributed by atoms with van der Waals surface area (Å²) < 4.78 is 26.0. The molecule has 124 valence electrons. The molecular formula is C15H17BrN2O3S2. The molecule has 23 heavy (non-hydrogen) atoms. The minimum Gasteiger partial charge on any atom is -0.273 e. The molecule has 0 saturated heterocycles. The molecule has 0 aliphatic rings. The summed E-state index contributed by atoms with van der Waals surface area (Å²) in [5.41, 5.74) is 5.39. The van der Waals surface area contributed by atoms with E-state index in [1.54, 1.807) is 26.0 Å². The van der Waals surface area contributed by atoms with Crippen molar-refractivity contribution in [2.75, 3.05) is 0 Å². The van der Waals surface area contributed by atoms with Gasteiger partial charge in [-0.3, -0.25) is 10.2 Å². The normalized spacial score (nSPS) is 11.5. The third-order valence-electron chi connectivity index (χ3n) is 3.66. The van der Waals surface area contributed by atoms with Crippen molar-refractivity contribution in [1.82, 2.24) is 10.3 Å². The molecule has 0 aliphatic heterocycles. The number of thiophene rings is 1. The van der Waals surface area contributed by atoms with Crippen molar-refractivity contribution in [2.24, 2.45) is 0 Å². The van der Waals surface area contributed by atoms with E-state index in [0.717, 1.165) is 14.9 Å². The Morgan fingerprint density at radius 2 is 1.65 bits per heavy atom. The summed E-state index contributed by atoms with van der Waals surface area (Å²) in [6, 6.07) is 5.30. The minimum absolute atomic E-state index is 0.211. The fourth-order valence-corrected chi connectivity index (χ4v) is 4.98. The largest absolute Gasteiger partial charge is 0.276 e. The third kappa shape index (κ3) is 3.82. The number of hydrogen-bond acceptors (Lipinski definition) is 4. The van der Waals surface area contributed by atoms with Crippen molar-refractivity contribution >= 4 is 43.2 Å². The molecule has 2 rings (SSSR count). The zero-order valence-corrected chi connectivity index (χ0v) is 16.4. The van der Waals surface area contributed by atoms with Crippen LogP contribution in [0.25, 0.3) is 0 Å². The van der Waals surface area contributed by atoms with Gasteiger partial charge in [0.2, 0.25) is 0 Å². The summed E-state index contributed by atoms with van der Waals surface area (Å²) in [5, 5.41) is 0. The van der Waals surface area contributed by atoms with Crippen LogP contribution in [0.15, 0.2) is 26.9 Å². The van der Waals surface area contributed by atoms with Gasteiger partial charge in [0.15, 0.2) is 0 Å². The van der Waals surface area contributed by atoms with Gasteiger partial charge in [0.1, 0.15) is 0 Å². The first-order chi connectivity index (χ1) is 10.6. The zero-order valence-electron chi connectivity index (χ0n) is 13.2. The van der Waals surface area contributed by atoms with Gasteiger partial charge in [-0.2, -0.15) is 0 Å². The Morgan fingerprint density at radius 1 is 1.09 bits per heavy atom. The number of carbonyl (C=O) groups excluding carboxylic acids is 1. The molecule has 1 amide bonds. The Morgan fingerprint density at radius 3 is 2.13 bits per heavy atom. The van der Waals surface area contributed by atoms with Crippen LogP contribution in [-0.4, -0.2) is 14.3 Å². The number of benzene rings is 1. The summed E-state index contributed by atoms with van der Waals surface area (Å²) in [7, 11) is -3.85. The van der Waals surface area contributed by atoms with E-state index in [0.29, 0.717) is 16.0 Å². The Balaban J connectivity index is 2.28. The van der Waals surface area contributed by atoms with Crippen LogP contribution in [-0.2, 0) is 10.0 Å². The van der Waals surface area contributed by atoms with Gasteiger partial charge in [0.25, 0.3) is 15.9 Å². The highest BCUT2D eigenvalue weighted by atomic mass is 79.9. The van der Waals surface area contributed by atoms with Crippen molar-refractivity contribution in [1.29, 1.82) is 0 Å². The molecule has 2 aromatic rings. The highest BCUT2D eigenvalue weighted by molar-refractivity contribution is 9.11. The Bertz CT molecular complexity index is 847. The van der Waals surface area contributed by atoms with E-state index in [9.17, 15) is 13.2 Å². The van der Waals surface area contributed by atoms with Crippen LogP contribution in [0.1, 0.15) is 31.9 Å². The smallest absolute Gasteiger partial charge is 0.273 e. The summed E-state index contributed by atoms with van der Waals surface area (Å²) in [5.74, 6) is -0.496. The number of rotatable bonds is 4. The van der Waals surface area contributed by atoms with Crippen LogP contribution in [0, 0.1) is 27.7 Å². The lowest BCUT2D eigenvalue weighted by Crippen LogP contribution is -2.41. The molecule has 0 atom stereocenters. The number of aryl methyl sites for hydroxylation is 2. The summed E-state index contributed by atoms with van der Waals surface area (Å²) >= 11 is 4.49. The van der Waals surface area contributed by atoms with Gasteiger partial charge in [0.05, 0.1) is 13.6 Å². The maximum absolute atomic E-state index is 12.6.